The first-order chi connectivity index (χ1) is 18.4. The van der Waals surface area contributed by atoms with Crippen molar-refractivity contribution < 1.29 is 4.79 Å². The van der Waals surface area contributed by atoms with E-state index in [0.29, 0.717) is 11.5 Å². The van der Waals surface area contributed by atoms with Gasteiger partial charge in [-0.05, 0) is 97.5 Å². The number of anilines is 2. The number of aryl methyl sites for hydroxylation is 3. The number of carbonyl (C=O) groups excluding carboxylic acids is 1. The van der Waals surface area contributed by atoms with Crippen molar-refractivity contribution in [3.05, 3.63) is 119 Å². The highest BCUT2D eigenvalue weighted by Crippen LogP contribution is 2.30. The summed E-state index contributed by atoms with van der Waals surface area (Å²) in [5, 5.41) is 7.40. The molecule has 0 radical (unpaired) electrons. The summed E-state index contributed by atoms with van der Waals surface area (Å²) in [6.07, 6.45) is 2.87. The first-order valence-corrected chi connectivity index (χ1v) is 13.0. The number of fused-ring (bicyclic) bond motifs is 1. The van der Waals surface area contributed by atoms with Crippen molar-refractivity contribution in [1.82, 2.24) is 15.3 Å². The maximum Gasteiger partial charge on any atom is 0.251 e. The van der Waals surface area contributed by atoms with Crippen molar-refractivity contribution in [3.63, 3.8) is 0 Å². The molecule has 0 fully saturated rings. The molecule has 2 N–H and O–H groups in total. The Morgan fingerprint density at radius 2 is 1.74 bits per heavy atom. The van der Waals surface area contributed by atoms with Crippen LogP contribution < -0.4 is 10.6 Å². The van der Waals surface area contributed by atoms with Crippen LogP contribution in [0.1, 0.15) is 52.5 Å². The zero-order valence-electron chi connectivity index (χ0n) is 22.2. The lowest BCUT2D eigenvalue weighted by molar-refractivity contribution is 0.0940. The molecule has 5 aromatic rings. The van der Waals surface area contributed by atoms with E-state index in [-0.39, 0.29) is 11.9 Å². The minimum atomic E-state index is -0.133. The first kappa shape index (κ1) is 25.2. The number of rotatable bonds is 7. The largest absolute Gasteiger partial charge is 0.346 e. The van der Waals surface area contributed by atoms with E-state index in [1.54, 1.807) is 0 Å². The Morgan fingerprint density at radius 3 is 2.50 bits per heavy atom. The van der Waals surface area contributed by atoms with Crippen molar-refractivity contribution in [3.8, 4) is 11.1 Å². The second-order valence-corrected chi connectivity index (χ2v) is 9.78. The molecule has 1 unspecified atom stereocenters. The van der Waals surface area contributed by atoms with Gasteiger partial charge in [-0.15, -0.1) is 0 Å². The molecule has 0 saturated heterocycles. The molecule has 5 rings (SSSR count). The third-order valence-electron chi connectivity index (χ3n) is 6.90. The second kappa shape index (κ2) is 10.9. The van der Waals surface area contributed by atoms with Gasteiger partial charge in [0.05, 0.1) is 11.6 Å². The summed E-state index contributed by atoms with van der Waals surface area (Å²) in [6.45, 7) is 8.25. The molecule has 0 spiro atoms. The molecule has 38 heavy (non-hydrogen) atoms. The second-order valence-electron chi connectivity index (χ2n) is 9.78. The molecule has 190 valence electrons. The van der Waals surface area contributed by atoms with Crippen molar-refractivity contribution >= 4 is 28.4 Å². The van der Waals surface area contributed by atoms with Crippen LogP contribution in [-0.4, -0.2) is 15.9 Å². The number of nitrogens with zero attached hydrogens (tertiary/aromatic N) is 2. The lowest BCUT2D eigenvalue weighted by Gasteiger charge is -2.17. The summed E-state index contributed by atoms with van der Waals surface area (Å²) in [7, 11) is 0. The quantitative estimate of drug-likeness (QED) is 0.240. The summed E-state index contributed by atoms with van der Waals surface area (Å²) >= 11 is 0. The van der Waals surface area contributed by atoms with Gasteiger partial charge in [0.1, 0.15) is 0 Å². The van der Waals surface area contributed by atoms with Gasteiger partial charge in [0.2, 0.25) is 5.95 Å². The van der Waals surface area contributed by atoms with E-state index in [1.165, 1.54) is 11.1 Å². The molecular formula is C33H32N4O. The van der Waals surface area contributed by atoms with Crippen LogP contribution in [0, 0.1) is 13.8 Å². The Morgan fingerprint density at radius 1 is 0.921 bits per heavy atom. The highest BCUT2D eigenvalue weighted by Gasteiger charge is 2.14. The van der Waals surface area contributed by atoms with Crippen LogP contribution in [0.3, 0.4) is 0 Å². The minimum absolute atomic E-state index is 0.0723. The first-order valence-electron chi connectivity index (χ1n) is 13.0. The zero-order chi connectivity index (χ0) is 26.6. The summed E-state index contributed by atoms with van der Waals surface area (Å²) in [4.78, 5) is 22.1. The minimum Gasteiger partial charge on any atom is -0.346 e. The SMILES string of the molecule is CCc1ccc(Nc2ncc3cc(-c4cc(C(C)NC(=O)c5cccc(C)c5)ccc4C)ccc3n2)cc1. The predicted molar refractivity (Wildman–Crippen MR) is 156 cm³/mol. The van der Waals surface area contributed by atoms with Gasteiger partial charge in [-0.3, -0.25) is 4.79 Å². The molecule has 0 bridgehead atoms. The molecule has 1 heterocycles. The lowest BCUT2D eigenvalue weighted by atomic mass is 9.95. The molecule has 0 saturated carbocycles. The average molecular weight is 501 g/mol. The number of hydrogen-bond donors (Lipinski definition) is 2. The summed E-state index contributed by atoms with van der Waals surface area (Å²) in [5.41, 5.74) is 9.31. The highest BCUT2D eigenvalue weighted by molar-refractivity contribution is 5.94. The van der Waals surface area contributed by atoms with Crippen molar-refractivity contribution in [2.45, 2.75) is 40.2 Å². The van der Waals surface area contributed by atoms with Gasteiger partial charge in [0, 0.05) is 22.8 Å². The molecule has 0 aliphatic carbocycles. The zero-order valence-corrected chi connectivity index (χ0v) is 22.2. The third kappa shape index (κ3) is 5.57. The van der Waals surface area contributed by atoms with Crippen molar-refractivity contribution in [2.24, 2.45) is 0 Å². The van der Waals surface area contributed by atoms with Gasteiger partial charge in [-0.25, -0.2) is 9.97 Å². The standard InChI is InChI=1S/C33H32N4O/c1-5-24-10-14-29(15-11-24)36-33-34-20-28-18-26(13-16-31(28)37-33)30-19-25(12-9-22(30)3)23(4)35-32(38)27-8-6-7-21(2)17-27/h6-20,23H,5H2,1-4H3,(H,35,38)(H,34,36,37). The molecule has 1 amide bonds. The predicted octanol–water partition coefficient (Wildman–Crippen LogP) is 7.71. The fraction of sp³-hybridized carbons (Fsp3) is 0.182. The van der Waals surface area contributed by atoms with Crippen LogP contribution in [0.4, 0.5) is 11.6 Å². The van der Waals surface area contributed by atoms with Gasteiger partial charge >= 0.3 is 0 Å². The van der Waals surface area contributed by atoms with E-state index < -0.39 is 0 Å². The third-order valence-corrected chi connectivity index (χ3v) is 6.90. The van der Waals surface area contributed by atoms with Crippen LogP contribution in [0.25, 0.3) is 22.0 Å². The van der Waals surface area contributed by atoms with E-state index in [2.05, 4.69) is 84.1 Å². The fourth-order valence-electron chi connectivity index (χ4n) is 4.58. The average Bonchev–Trinajstić information content (AvgIpc) is 2.93. The van der Waals surface area contributed by atoms with E-state index in [4.69, 9.17) is 4.98 Å². The number of aromatic nitrogens is 2. The molecule has 0 aliphatic rings. The molecule has 1 atom stereocenters. The van der Waals surface area contributed by atoms with Gasteiger partial charge in [0.25, 0.3) is 5.91 Å². The maximum absolute atomic E-state index is 12.8. The molecule has 1 aromatic heterocycles. The Balaban J connectivity index is 1.36. The molecule has 5 heteroatoms. The normalized spacial score (nSPS) is 11.8. The Bertz CT molecular complexity index is 1610. The van der Waals surface area contributed by atoms with Crippen LogP contribution in [0.15, 0.2) is 91.1 Å². The van der Waals surface area contributed by atoms with Crippen LogP contribution in [0.2, 0.25) is 0 Å². The molecular weight excluding hydrogens is 468 g/mol. The van der Waals surface area contributed by atoms with Crippen molar-refractivity contribution in [1.29, 1.82) is 0 Å². The summed E-state index contributed by atoms with van der Waals surface area (Å²) in [6, 6.07) is 28.4. The molecule has 5 nitrogen and oxygen atoms in total. The Hall–Kier alpha value is -4.51. The van der Waals surface area contributed by atoms with Crippen molar-refractivity contribution in [2.75, 3.05) is 5.32 Å². The van der Waals surface area contributed by atoms with E-state index in [1.807, 2.05) is 50.4 Å². The van der Waals surface area contributed by atoms with Crippen LogP contribution in [-0.2, 0) is 6.42 Å². The molecule has 4 aromatic carbocycles. The number of hydrogen-bond acceptors (Lipinski definition) is 4. The summed E-state index contributed by atoms with van der Waals surface area (Å²) in [5.74, 6) is 0.503. The monoisotopic (exact) mass is 500 g/mol. The van der Waals surface area contributed by atoms with Gasteiger partial charge in [-0.1, -0.05) is 55.0 Å². The van der Waals surface area contributed by atoms with Gasteiger partial charge in [-0.2, -0.15) is 0 Å². The fourth-order valence-corrected chi connectivity index (χ4v) is 4.58. The smallest absolute Gasteiger partial charge is 0.251 e. The lowest BCUT2D eigenvalue weighted by Crippen LogP contribution is -2.26. The number of amides is 1. The molecule has 0 aliphatic heterocycles. The van der Waals surface area contributed by atoms with Crippen LogP contribution in [0.5, 0.6) is 0 Å². The Labute approximate surface area is 224 Å². The van der Waals surface area contributed by atoms with E-state index in [0.717, 1.165) is 45.3 Å². The number of nitrogens with one attached hydrogen (secondary N) is 2. The highest BCUT2D eigenvalue weighted by atomic mass is 16.1. The Kier molecular flexibility index (Phi) is 7.18. The van der Waals surface area contributed by atoms with E-state index >= 15 is 0 Å². The topological polar surface area (TPSA) is 66.9 Å². The number of carbonyl (C=O) groups is 1. The van der Waals surface area contributed by atoms with Gasteiger partial charge in [0.15, 0.2) is 0 Å². The maximum atomic E-state index is 12.8. The van der Waals surface area contributed by atoms with Crippen LogP contribution >= 0.6 is 0 Å². The summed E-state index contributed by atoms with van der Waals surface area (Å²) < 4.78 is 0. The van der Waals surface area contributed by atoms with Gasteiger partial charge < -0.3 is 10.6 Å². The van der Waals surface area contributed by atoms with E-state index in [9.17, 15) is 4.79 Å². The number of benzene rings is 4.